The van der Waals surface area contributed by atoms with Crippen LogP contribution in [-0.4, -0.2) is 61.8 Å². The molecule has 3 nitrogen and oxygen atoms in total. The lowest BCUT2D eigenvalue weighted by atomic mass is 10.2. The normalized spacial score (nSPS) is 28.4. The Morgan fingerprint density at radius 2 is 1.94 bits per heavy atom. The maximum absolute atomic E-state index is 5.68. The van der Waals surface area contributed by atoms with Crippen LogP contribution in [0.2, 0.25) is 0 Å². The quantitative estimate of drug-likeness (QED) is 0.671. The third-order valence-electron chi connectivity index (χ3n) is 3.44. The molecule has 0 N–H and O–H groups in total. The molecule has 2 aliphatic heterocycles. The van der Waals surface area contributed by atoms with Gasteiger partial charge in [-0.25, -0.2) is 0 Å². The van der Waals surface area contributed by atoms with Crippen LogP contribution in [0.3, 0.4) is 0 Å². The first-order valence-corrected chi connectivity index (χ1v) is 6.45. The molecule has 1 atom stereocenters. The summed E-state index contributed by atoms with van der Waals surface area (Å²) in [4.78, 5) is 5.04. The molecular weight excluding hydrogens is 200 g/mol. The molecule has 0 aliphatic carbocycles. The smallest absolute Gasteiger partial charge is 0.0702 e. The standard InChI is InChI=1S/C13H24N2O/c1-12(2)10-14-5-7-15(8-6-14)11-13-4-3-9-16-13/h13H,1,3-11H2,2H3. The maximum Gasteiger partial charge on any atom is 0.0702 e. The zero-order chi connectivity index (χ0) is 11.4. The number of hydrogen-bond donors (Lipinski definition) is 0. The topological polar surface area (TPSA) is 15.7 Å². The van der Waals surface area contributed by atoms with Crippen molar-refractivity contribution < 1.29 is 4.74 Å². The van der Waals surface area contributed by atoms with Crippen LogP contribution in [0.25, 0.3) is 0 Å². The van der Waals surface area contributed by atoms with Crippen molar-refractivity contribution in [2.75, 3.05) is 45.9 Å². The van der Waals surface area contributed by atoms with Crippen molar-refractivity contribution in [2.45, 2.75) is 25.9 Å². The molecule has 2 fully saturated rings. The largest absolute Gasteiger partial charge is 0.377 e. The Morgan fingerprint density at radius 3 is 2.50 bits per heavy atom. The summed E-state index contributed by atoms with van der Waals surface area (Å²) in [7, 11) is 0. The van der Waals surface area contributed by atoms with Gasteiger partial charge in [-0.2, -0.15) is 0 Å². The minimum Gasteiger partial charge on any atom is -0.377 e. The molecule has 0 saturated carbocycles. The summed E-state index contributed by atoms with van der Waals surface area (Å²) in [5, 5.41) is 0. The van der Waals surface area contributed by atoms with Crippen LogP contribution in [0, 0.1) is 0 Å². The lowest BCUT2D eigenvalue weighted by Crippen LogP contribution is -2.48. The predicted octanol–water partition coefficient (Wildman–Crippen LogP) is 1.36. The van der Waals surface area contributed by atoms with Crippen LogP contribution < -0.4 is 0 Å². The average molecular weight is 224 g/mol. The zero-order valence-electron chi connectivity index (χ0n) is 10.5. The summed E-state index contributed by atoms with van der Waals surface area (Å²) in [5.74, 6) is 0. The Hall–Kier alpha value is -0.380. The van der Waals surface area contributed by atoms with Gasteiger partial charge < -0.3 is 4.74 Å². The van der Waals surface area contributed by atoms with Gasteiger partial charge in [0.25, 0.3) is 0 Å². The summed E-state index contributed by atoms with van der Waals surface area (Å²) in [6.45, 7) is 14.0. The van der Waals surface area contributed by atoms with Crippen LogP contribution in [0.5, 0.6) is 0 Å². The first kappa shape index (κ1) is 12.1. The molecule has 0 bridgehead atoms. The molecule has 1 unspecified atom stereocenters. The van der Waals surface area contributed by atoms with Gasteiger partial charge in [-0.3, -0.25) is 9.80 Å². The van der Waals surface area contributed by atoms with Crippen molar-refractivity contribution in [2.24, 2.45) is 0 Å². The van der Waals surface area contributed by atoms with Gasteiger partial charge in [-0.05, 0) is 19.8 Å². The first-order valence-electron chi connectivity index (χ1n) is 6.45. The molecule has 0 radical (unpaired) electrons. The van der Waals surface area contributed by atoms with Crippen molar-refractivity contribution >= 4 is 0 Å². The van der Waals surface area contributed by atoms with Gasteiger partial charge in [0.05, 0.1) is 6.10 Å². The number of nitrogens with zero attached hydrogens (tertiary/aromatic N) is 2. The molecule has 2 aliphatic rings. The predicted molar refractivity (Wildman–Crippen MR) is 66.7 cm³/mol. The number of ether oxygens (including phenoxy) is 1. The van der Waals surface area contributed by atoms with Crippen molar-refractivity contribution in [3.05, 3.63) is 12.2 Å². The van der Waals surface area contributed by atoms with Crippen molar-refractivity contribution in [3.63, 3.8) is 0 Å². The Kier molecular flexibility index (Phi) is 4.38. The summed E-state index contributed by atoms with van der Waals surface area (Å²) in [6, 6.07) is 0. The average Bonchev–Trinajstić information content (AvgIpc) is 2.73. The van der Waals surface area contributed by atoms with E-state index in [-0.39, 0.29) is 0 Å². The summed E-state index contributed by atoms with van der Waals surface area (Å²) in [5.41, 5.74) is 1.27. The summed E-state index contributed by atoms with van der Waals surface area (Å²) < 4.78 is 5.68. The molecular formula is C13H24N2O. The molecule has 2 heterocycles. The van der Waals surface area contributed by atoms with Crippen molar-refractivity contribution in [1.82, 2.24) is 9.80 Å². The minimum atomic E-state index is 0.507. The third kappa shape index (κ3) is 3.58. The molecule has 0 aromatic carbocycles. The molecule has 0 amide bonds. The van der Waals surface area contributed by atoms with E-state index >= 15 is 0 Å². The van der Waals surface area contributed by atoms with Crippen LogP contribution >= 0.6 is 0 Å². The van der Waals surface area contributed by atoms with E-state index in [1.54, 1.807) is 0 Å². The van der Waals surface area contributed by atoms with Gasteiger partial charge in [0, 0.05) is 45.9 Å². The van der Waals surface area contributed by atoms with E-state index in [0.29, 0.717) is 6.10 Å². The Balaban J connectivity index is 1.66. The second-order valence-corrected chi connectivity index (χ2v) is 5.17. The van der Waals surface area contributed by atoms with E-state index in [1.165, 1.54) is 44.6 Å². The molecule has 2 rings (SSSR count). The fourth-order valence-corrected chi connectivity index (χ4v) is 2.59. The lowest BCUT2D eigenvalue weighted by Gasteiger charge is -2.35. The fourth-order valence-electron chi connectivity index (χ4n) is 2.59. The van der Waals surface area contributed by atoms with Crippen LogP contribution in [-0.2, 0) is 4.74 Å². The van der Waals surface area contributed by atoms with E-state index in [1.807, 2.05) is 0 Å². The number of hydrogen-bond acceptors (Lipinski definition) is 3. The Labute approximate surface area is 99.1 Å². The van der Waals surface area contributed by atoms with E-state index in [2.05, 4.69) is 23.3 Å². The highest BCUT2D eigenvalue weighted by Gasteiger charge is 2.22. The SMILES string of the molecule is C=C(C)CN1CCN(CC2CCCO2)CC1. The van der Waals surface area contributed by atoms with E-state index in [0.717, 1.165) is 19.7 Å². The molecule has 0 aromatic heterocycles. The highest BCUT2D eigenvalue weighted by Crippen LogP contribution is 2.14. The van der Waals surface area contributed by atoms with Crippen molar-refractivity contribution in [1.29, 1.82) is 0 Å². The molecule has 0 aromatic rings. The molecule has 92 valence electrons. The van der Waals surface area contributed by atoms with E-state index < -0.39 is 0 Å². The summed E-state index contributed by atoms with van der Waals surface area (Å²) >= 11 is 0. The second-order valence-electron chi connectivity index (χ2n) is 5.17. The molecule has 2 saturated heterocycles. The van der Waals surface area contributed by atoms with Gasteiger partial charge in [-0.15, -0.1) is 0 Å². The minimum absolute atomic E-state index is 0.507. The third-order valence-corrected chi connectivity index (χ3v) is 3.44. The molecule has 16 heavy (non-hydrogen) atoms. The van der Waals surface area contributed by atoms with Gasteiger partial charge >= 0.3 is 0 Å². The van der Waals surface area contributed by atoms with Gasteiger partial charge in [0.1, 0.15) is 0 Å². The number of rotatable bonds is 4. The maximum atomic E-state index is 5.68. The molecule has 0 spiro atoms. The lowest BCUT2D eigenvalue weighted by molar-refractivity contribution is 0.0522. The fraction of sp³-hybridized carbons (Fsp3) is 0.846. The zero-order valence-corrected chi connectivity index (χ0v) is 10.5. The number of piperazine rings is 1. The summed E-state index contributed by atoms with van der Waals surface area (Å²) in [6.07, 6.45) is 3.01. The highest BCUT2D eigenvalue weighted by molar-refractivity contribution is 4.93. The van der Waals surface area contributed by atoms with Crippen LogP contribution in [0.1, 0.15) is 19.8 Å². The van der Waals surface area contributed by atoms with E-state index in [9.17, 15) is 0 Å². The van der Waals surface area contributed by atoms with Crippen molar-refractivity contribution in [3.8, 4) is 0 Å². The van der Waals surface area contributed by atoms with Gasteiger partial charge in [-0.1, -0.05) is 12.2 Å². The first-order chi connectivity index (χ1) is 7.74. The van der Waals surface area contributed by atoms with Gasteiger partial charge in [0.2, 0.25) is 0 Å². The monoisotopic (exact) mass is 224 g/mol. The molecule has 3 heteroatoms. The van der Waals surface area contributed by atoms with E-state index in [4.69, 9.17) is 4.74 Å². The van der Waals surface area contributed by atoms with Crippen LogP contribution in [0.4, 0.5) is 0 Å². The Bertz CT molecular complexity index is 228. The highest BCUT2D eigenvalue weighted by atomic mass is 16.5. The Morgan fingerprint density at radius 1 is 1.25 bits per heavy atom. The second kappa shape index (κ2) is 5.80. The van der Waals surface area contributed by atoms with Crippen LogP contribution in [0.15, 0.2) is 12.2 Å². The van der Waals surface area contributed by atoms with Gasteiger partial charge in [0.15, 0.2) is 0 Å².